The Bertz CT molecular complexity index is 1260. The normalized spacial score (nSPS) is 17.6. The second-order valence-corrected chi connectivity index (χ2v) is 10.5. The molecule has 11 heteroatoms. The van der Waals surface area contributed by atoms with E-state index in [0.717, 1.165) is 31.6 Å². The Labute approximate surface area is 232 Å². The number of amides is 1. The van der Waals surface area contributed by atoms with E-state index in [1.165, 1.54) is 18.2 Å². The molecule has 4 rings (SSSR count). The Balaban J connectivity index is 1.46. The summed E-state index contributed by atoms with van der Waals surface area (Å²) in [6.07, 6.45) is 3.48. The van der Waals surface area contributed by atoms with Gasteiger partial charge in [0, 0.05) is 60.7 Å². The van der Waals surface area contributed by atoms with Crippen molar-refractivity contribution in [2.45, 2.75) is 25.4 Å². The Morgan fingerprint density at radius 2 is 1.95 bits per heavy atom. The van der Waals surface area contributed by atoms with Crippen LogP contribution in [0.1, 0.15) is 18.4 Å². The molecular weight excluding hydrogens is 528 g/mol. The van der Waals surface area contributed by atoms with Gasteiger partial charge in [-0.3, -0.25) is 15.6 Å². The van der Waals surface area contributed by atoms with Gasteiger partial charge in [-0.15, -0.1) is 0 Å². The molecule has 2 aromatic carbocycles. The molecule has 0 unspecified atom stereocenters. The summed E-state index contributed by atoms with van der Waals surface area (Å²) in [7, 11) is 4.22. The number of carbonyl (C=O) groups is 1. The van der Waals surface area contributed by atoms with E-state index < -0.39 is 11.7 Å². The van der Waals surface area contributed by atoms with Crippen molar-refractivity contribution in [2.24, 2.45) is 0 Å². The van der Waals surface area contributed by atoms with Crippen LogP contribution in [0.2, 0.25) is 10.0 Å². The molecule has 0 aliphatic carbocycles. The number of rotatable bonds is 7. The van der Waals surface area contributed by atoms with Gasteiger partial charge in [0.2, 0.25) is 0 Å². The van der Waals surface area contributed by atoms with Gasteiger partial charge in [-0.25, -0.2) is 4.39 Å². The maximum Gasteiger partial charge on any atom is 0.273 e. The van der Waals surface area contributed by atoms with Crippen molar-refractivity contribution in [2.75, 3.05) is 50.5 Å². The highest BCUT2D eigenvalue weighted by atomic mass is 35.5. The van der Waals surface area contributed by atoms with Crippen molar-refractivity contribution in [3.63, 3.8) is 0 Å². The summed E-state index contributed by atoms with van der Waals surface area (Å²) in [4.78, 5) is 19.2. The van der Waals surface area contributed by atoms with Gasteiger partial charge < -0.3 is 25.3 Å². The van der Waals surface area contributed by atoms with E-state index in [1.807, 2.05) is 18.2 Å². The molecular formula is C27H32Cl2FN7O. The van der Waals surface area contributed by atoms with Crippen molar-refractivity contribution in [1.82, 2.24) is 15.1 Å². The molecule has 0 radical (unpaired) electrons. The van der Waals surface area contributed by atoms with E-state index in [2.05, 4.69) is 34.5 Å². The van der Waals surface area contributed by atoms with Crippen LogP contribution in [0.4, 0.5) is 15.8 Å². The first-order valence-corrected chi connectivity index (χ1v) is 13.2. The van der Waals surface area contributed by atoms with E-state index in [0.29, 0.717) is 41.1 Å². The first-order valence-electron chi connectivity index (χ1n) is 12.5. The highest BCUT2D eigenvalue weighted by Crippen LogP contribution is 2.30. The average molecular weight is 561 g/mol. The summed E-state index contributed by atoms with van der Waals surface area (Å²) in [5, 5.41) is 22.7. The number of nitrogens with one attached hydrogen (secondary N) is 4. The topological polar surface area (TPSA) is 98.5 Å². The molecule has 4 N–H and O–H groups in total. The molecule has 38 heavy (non-hydrogen) atoms. The third-order valence-corrected chi connectivity index (χ3v) is 7.72. The Morgan fingerprint density at radius 1 is 1.21 bits per heavy atom. The number of amidine groups is 1. The SMILES string of the molecule is CN(C)C1CCN(c2cccc(NC(=O)C(=N)/C=C3\C(=N)NCCN3Cc3c(Cl)ccc(F)c3Cl)c2)CC1. The molecule has 0 bridgehead atoms. The minimum atomic E-state index is -0.596. The third-order valence-electron chi connectivity index (χ3n) is 6.96. The lowest BCUT2D eigenvalue weighted by Gasteiger charge is -2.36. The highest BCUT2D eigenvalue weighted by Gasteiger charge is 2.24. The summed E-state index contributed by atoms with van der Waals surface area (Å²) in [5.74, 6) is -1.13. The average Bonchev–Trinajstić information content (AvgIpc) is 2.90. The fourth-order valence-electron chi connectivity index (χ4n) is 4.74. The monoisotopic (exact) mass is 559 g/mol. The number of hydrogen-bond acceptors (Lipinski definition) is 6. The van der Waals surface area contributed by atoms with Gasteiger partial charge in [-0.1, -0.05) is 29.3 Å². The van der Waals surface area contributed by atoms with E-state index in [-0.39, 0.29) is 23.1 Å². The van der Waals surface area contributed by atoms with Crippen molar-refractivity contribution in [3.05, 3.63) is 69.6 Å². The zero-order valence-corrected chi connectivity index (χ0v) is 23.0. The molecule has 0 aromatic heterocycles. The van der Waals surface area contributed by atoms with Gasteiger partial charge in [0.25, 0.3) is 5.91 Å². The van der Waals surface area contributed by atoms with Crippen molar-refractivity contribution in [1.29, 1.82) is 10.8 Å². The second kappa shape index (κ2) is 12.1. The van der Waals surface area contributed by atoms with Crippen LogP contribution in [0.25, 0.3) is 0 Å². The largest absolute Gasteiger partial charge is 0.371 e. The molecule has 2 saturated heterocycles. The lowest BCUT2D eigenvalue weighted by molar-refractivity contribution is -0.110. The quantitative estimate of drug-likeness (QED) is 0.294. The second-order valence-electron chi connectivity index (χ2n) is 9.67. The minimum absolute atomic E-state index is 0.0561. The number of carbonyl (C=O) groups excluding carboxylic acids is 1. The smallest absolute Gasteiger partial charge is 0.273 e. The van der Waals surface area contributed by atoms with E-state index in [9.17, 15) is 9.18 Å². The van der Waals surface area contributed by atoms with Crippen LogP contribution < -0.4 is 15.5 Å². The Kier molecular flexibility index (Phi) is 8.91. The summed E-state index contributed by atoms with van der Waals surface area (Å²) in [6, 6.07) is 10.8. The summed E-state index contributed by atoms with van der Waals surface area (Å²) in [6.45, 7) is 2.93. The maximum absolute atomic E-state index is 14.0. The van der Waals surface area contributed by atoms with Crippen LogP contribution in [0.5, 0.6) is 0 Å². The number of piperazine rings is 1. The molecule has 8 nitrogen and oxygen atoms in total. The van der Waals surface area contributed by atoms with Crippen LogP contribution in [0.3, 0.4) is 0 Å². The van der Waals surface area contributed by atoms with E-state index in [4.69, 9.17) is 34.0 Å². The third kappa shape index (κ3) is 6.46. The number of piperidine rings is 1. The first kappa shape index (κ1) is 27.9. The lowest BCUT2D eigenvalue weighted by atomic mass is 10.0. The molecule has 2 aliphatic heterocycles. The summed E-state index contributed by atoms with van der Waals surface area (Å²) < 4.78 is 14.0. The molecule has 0 saturated carbocycles. The number of benzene rings is 2. The number of hydrogen-bond donors (Lipinski definition) is 4. The Morgan fingerprint density at radius 3 is 2.66 bits per heavy atom. The summed E-state index contributed by atoms with van der Waals surface area (Å²) in [5.41, 5.74) is 2.02. The fraction of sp³-hybridized carbons (Fsp3) is 0.370. The van der Waals surface area contributed by atoms with Gasteiger partial charge in [0.05, 0.1) is 10.7 Å². The van der Waals surface area contributed by atoms with E-state index >= 15 is 0 Å². The maximum atomic E-state index is 14.0. The summed E-state index contributed by atoms with van der Waals surface area (Å²) >= 11 is 12.4. The zero-order chi connectivity index (χ0) is 27.4. The van der Waals surface area contributed by atoms with Crippen molar-refractivity contribution in [3.8, 4) is 0 Å². The van der Waals surface area contributed by atoms with Crippen LogP contribution in [0.15, 0.2) is 48.2 Å². The van der Waals surface area contributed by atoms with Crippen molar-refractivity contribution < 1.29 is 9.18 Å². The van der Waals surface area contributed by atoms with Gasteiger partial charge >= 0.3 is 0 Å². The number of halogens is 3. The predicted octanol–water partition coefficient (Wildman–Crippen LogP) is 4.59. The van der Waals surface area contributed by atoms with Crippen LogP contribution in [0, 0.1) is 16.6 Å². The Hall–Kier alpha value is -3.14. The molecule has 0 spiro atoms. The molecule has 2 heterocycles. The van der Waals surface area contributed by atoms with Gasteiger partial charge in [-0.2, -0.15) is 0 Å². The molecule has 1 amide bonds. The van der Waals surface area contributed by atoms with Crippen LogP contribution >= 0.6 is 23.2 Å². The van der Waals surface area contributed by atoms with E-state index in [1.54, 1.807) is 11.0 Å². The predicted molar refractivity (Wildman–Crippen MR) is 152 cm³/mol. The number of anilines is 2. The van der Waals surface area contributed by atoms with Crippen molar-refractivity contribution >= 4 is 52.0 Å². The van der Waals surface area contributed by atoms with Gasteiger partial charge in [-0.05, 0) is 63.3 Å². The van der Waals surface area contributed by atoms with Crippen LogP contribution in [-0.2, 0) is 11.3 Å². The zero-order valence-electron chi connectivity index (χ0n) is 21.5. The molecule has 2 fully saturated rings. The molecule has 202 valence electrons. The minimum Gasteiger partial charge on any atom is -0.371 e. The fourth-order valence-corrected chi connectivity index (χ4v) is 5.23. The van der Waals surface area contributed by atoms with Gasteiger partial charge in [0.1, 0.15) is 17.4 Å². The van der Waals surface area contributed by atoms with Gasteiger partial charge in [0.15, 0.2) is 0 Å². The molecule has 2 aromatic rings. The van der Waals surface area contributed by atoms with Crippen LogP contribution in [-0.4, -0.2) is 73.6 Å². The highest BCUT2D eigenvalue weighted by molar-refractivity contribution is 6.46. The number of nitrogens with zero attached hydrogens (tertiary/aromatic N) is 3. The standard InChI is InChI=1S/C27H32Cl2FN7O/c1-35(2)18-8-11-36(12-9-18)19-5-3-4-17(14-19)34-27(38)23(31)15-24-26(32)33-10-13-37(24)16-20-21(28)6-7-22(30)25(20)29/h3-7,14-15,18,31H,8-13,16H2,1-2H3,(H2,32,33)(H,34,38)/b24-15+,31-23?. The molecule has 0 atom stereocenters. The first-order chi connectivity index (χ1) is 18.1. The molecule has 2 aliphatic rings. The lowest BCUT2D eigenvalue weighted by Crippen LogP contribution is -2.45.